The van der Waals surface area contributed by atoms with Crippen molar-refractivity contribution in [2.24, 2.45) is 0 Å². The minimum atomic E-state index is -0.404. The van der Waals surface area contributed by atoms with Gasteiger partial charge in [-0.05, 0) is 31.4 Å². The highest BCUT2D eigenvalue weighted by Gasteiger charge is 2.25. The predicted molar refractivity (Wildman–Crippen MR) is 439 cm³/mol. The first kappa shape index (κ1) is 105. The number of imide groups is 1. The van der Waals surface area contributed by atoms with Gasteiger partial charge in [-0.25, -0.2) is 4.98 Å². The molecule has 688 valence electrons. The van der Waals surface area contributed by atoms with Crippen LogP contribution in [0.5, 0.6) is 5.88 Å². The van der Waals surface area contributed by atoms with E-state index in [1.807, 2.05) is 18.7 Å². The van der Waals surface area contributed by atoms with E-state index in [4.69, 9.17) is 129 Å². The smallest absolute Gasteiger partial charge is 0.260 e. The van der Waals surface area contributed by atoms with Crippen LogP contribution in [0.25, 0.3) is 11.0 Å². The maximum Gasteiger partial charge on any atom is 0.260 e. The molecule has 0 aliphatic carbocycles. The average molecular weight is 1720 g/mol. The lowest BCUT2D eigenvalue weighted by atomic mass is 10.1. The molecule has 1 saturated heterocycles. The molecule has 5 rings (SSSR count). The van der Waals surface area contributed by atoms with E-state index < -0.39 is 11.8 Å². The number of benzene rings is 1. The summed E-state index contributed by atoms with van der Waals surface area (Å²) in [4.78, 5) is 58.1. The zero-order chi connectivity index (χ0) is 85.1. The summed E-state index contributed by atoms with van der Waals surface area (Å²) in [6.07, 6.45) is 5.58. The average Bonchev–Trinajstić information content (AvgIpc) is 1.61. The Balaban J connectivity index is 0.614. The molecule has 3 aromatic rings. The summed E-state index contributed by atoms with van der Waals surface area (Å²) in [5.74, 6) is 0.741. The first-order valence-corrected chi connectivity index (χ1v) is 42.5. The van der Waals surface area contributed by atoms with Crippen LogP contribution in [0.1, 0.15) is 63.4 Å². The van der Waals surface area contributed by atoms with Gasteiger partial charge in [0.25, 0.3) is 17.7 Å². The topological polar surface area (TPSA) is 390 Å². The molecule has 38 nitrogen and oxygen atoms in total. The Morgan fingerprint density at radius 3 is 1.01 bits per heavy atom. The first-order chi connectivity index (χ1) is 59.1. The first-order valence-electron chi connectivity index (χ1n) is 42.5. The third-order valence-corrected chi connectivity index (χ3v) is 17.4. The minimum absolute atomic E-state index is 0.0424. The van der Waals surface area contributed by atoms with Crippen LogP contribution in [0.15, 0.2) is 36.4 Å². The number of amides is 4. The molecule has 3 N–H and O–H groups in total. The molecule has 2 aromatic heterocycles. The maximum absolute atomic E-state index is 12.9. The number of anilines is 1. The number of imidazole rings is 1. The number of unbranched alkanes of at least 4 members (excludes halogenated alkanes) is 1. The van der Waals surface area contributed by atoms with Crippen molar-refractivity contribution in [2.45, 2.75) is 72.1 Å². The van der Waals surface area contributed by atoms with Crippen molar-refractivity contribution in [2.75, 3.05) is 362 Å². The van der Waals surface area contributed by atoms with Crippen LogP contribution in [-0.2, 0) is 152 Å². The van der Waals surface area contributed by atoms with Gasteiger partial charge in [0, 0.05) is 77.4 Å². The van der Waals surface area contributed by atoms with Crippen molar-refractivity contribution in [1.29, 1.82) is 0 Å². The molecule has 0 saturated carbocycles. The number of aryl methyl sites for hydroxylation is 1. The van der Waals surface area contributed by atoms with Gasteiger partial charge < -0.3 is 139 Å². The molecule has 120 heavy (non-hydrogen) atoms. The molecular weight excluding hydrogens is 1570 g/mol. The summed E-state index contributed by atoms with van der Waals surface area (Å²) in [7, 11) is 0. The van der Waals surface area contributed by atoms with Crippen LogP contribution in [-0.4, -0.2) is 421 Å². The Morgan fingerprint density at radius 1 is 0.400 bits per heavy atom. The Kier molecular flexibility index (Phi) is 65.1. The van der Waals surface area contributed by atoms with Gasteiger partial charge >= 0.3 is 0 Å². The van der Waals surface area contributed by atoms with E-state index >= 15 is 0 Å². The van der Waals surface area contributed by atoms with Gasteiger partial charge in [0.05, 0.1) is 330 Å². The number of nitrogens with zero attached hydrogens (tertiary/aromatic N) is 7. The van der Waals surface area contributed by atoms with Crippen molar-refractivity contribution < 1.29 is 138 Å². The number of nitrogens with two attached hydrogens (primary N) is 1. The molecule has 0 radical (unpaired) electrons. The minimum Gasteiger partial charge on any atom is -0.472 e. The van der Waals surface area contributed by atoms with E-state index in [-0.39, 0.29) is 30.9 Å². The van der Waals surface area contributed by atoms with E-state index in [1.54, 1.807) is 0 Å². The van der Waals surface area contributed by atoms with Gasteiger partial charge in [0.15, 0.2) is 5.82 Å². The number of carbonyl (C=O) groups excluding carboxylic acids is 4. The number of aromatic nitrogens is 4. The molecule has 4 heterocycles. The lowest BCUT2D eigenvalue weighted by Gasteiger charge is -2.34. The number of nitrogens with one attached hydrogen (secondary N) is 1. The van der Waals surface area contributed by atoms with Crippen molar-refractivity contribution in [1.82, 2.24) is 39.8 Å². The van der Waals surface area contributed by atoms with E-state index in [0.29, 0.717) is 367 Å². The highest BCUT2D eigenvalue weighted by atomic mass is 16.6. The summed E-state index contributed by atoms with van der Waals surface area (Å²) in [5, 5.41) is 11.1. The van der Waals surface area contributed by atoms with Crippen molar-refractivity contribution in [3.8, 4) is 5.88 Å². The normalized spacial score (nSPS) is 13.3. The molecule has 2 aliphatic heterocycles. The van der Waals surface area contributed by atoms with Crippen molar-refractivity contribution in [3.63, 3.8) is 0 Å². The summed E-state index contributed by atoms with van der Waals surface area (Å²) < 4.78 is 141. The Labute approximate surface area is 708 Å². The Hall–Kier alpha value is -5.81. The largest absolute Gasteiger partial charge is 0.472 e. The van der Waals surface area contributed by atoms with E-state index in [1.165, 1.54) is 17.7 Å². The van der Waals surface area contributed by atoms with Crippen LogP contribution in [0.4, 0.5) is 5.82 Å². The van der Waals surface area contributed by atoms with Crippen LogP contribution >= 0.6 is 0 Å². The molecule has 0 atom stereocenters. The highest BCUT2D eigenvalue weighted by Crippen LogP contribution is 2.30. The number of hydrogen-bond acceptors (Lipinski definition) is 34. The number of hydrogen-bond donors (Lipinski definition) is 2. The zero-order valence-corrected chi connectivity index (χ0v) is 71.7. The molecular formula is C82H141N9O29. The fourth-order valence-corrected chi connectivity index (χ4v) is 11.1. The van der Waals surface area contributed by atoms with Crippen LogP contribution in [0.3, 0.4) is 0 Å². The van der Waals surface area contributed by atoms with E-state index in [0.717, 1.165) is 60.7 Å². The molecule has 38 heteroatoms. The van der Waals surface area contributed by atoms with Crippen LogP contribution in [0.2, 0.25) is 0 Å². The SMILES string of the molecule is CCCCc1nc2c(N)nnc(OC(C)C)c2n1Cc1ccc(CN2CCN(C(=O)CCOCCOCCOCCOCCOCCOCCOCCOCCOCCOCCOCCOCCOCCOCCOCCOCCOCCOCCOCCOCCOCCOCCOCCOCCNC(=O)CCN3C(=O)C=CC3=O)CC2)cc1. The Bertz CT molecular complexity index is 2980. The van der Waals surface area contributed by atoms with E-state index in [2.05, 4.69) is 56.2 Å². The van der Waals surface area contributed by atoms with Gasteiger partial charge in [-0.1, -0.05) is 37.6 Å². The second kappa shape index (κ2) is 74.6. The number of nitrogen functional groups attached to an aromatic ring is 1. The second-order valence-corrected chi connectivity index (χ2v) is 27.2. The quantitative estimate of drug-likeness (QED) is 0.0605. The number of piperazine rings is 1. The summed E-state index contributed by atoms with van der Waals surface area (Å²) in [6.45, 7) is 32.7. The van der Waals surface area contributed by atoms with Gasteiger partial charge in [-0.15, -0.1) is 10.2 Å². The van der Waals surface area contributed by atoms with E-state index in [9.17, 15) is 19.2 Å². The molecule has 0 unspecified atom stereocenters. The third kappa shape index (κ3) is 54.7. The fraction of sp³-hybridized carbons (Fsp3) is 0.793. The van der Waals surface area contributed by atoms with Gasteiger partial charge in [0.1, 0.15) is 16.9 Å². The lowest BCUT2D eigenvalue weighted by molar-refractivity contribution is -0.137. The fourth-order valence-electron chi connectivity index (χ4n) is 11.1. The van der Waals surface area contributed by atoms with Crippen LogP contribution in [0, 0.1) is 0 Å². The number of carbonyl (C=O) groups is 4. The van der Waals surface area contributed by atoms with Crippen molar-refractivity contribution >= 4 is 40.5 Å². The predicted octanol–water partition coefficient (Wildman–Crippen LogP) is 2.45. The standard InChI is InChI=1S/C82H141N9O29/c1-4-5-6-74-85-79-80(82(120-71(2)3)87-86-81(79)83)91(74)70-73-9-7-72(8-10-73)69-88-17-19-89(20-18-88)76(93)14-21-96-23-25-98-27-29-100-31-33-102-35-37-104-39-41-106-43-45-108-47-49-110-51-53-112-55-57-114-59-61-116-63-65-118-67-68-119-66-64-117-62-60-115-58-56-113-54-52-111-50-48-109-46-44-107-42-40-105-38-36-103-34-32-101-30-28-99-26-24-97-22-15-84-75(92)13-16-90-77(94)11-12-78(90)95/h7-12,71H,4-6,13-70H2,1-3H3,(H2,83,86)(H,84,92). The molecule has 0 spiro atoms. The number of rotatable bonds is 87. The Morgan fingerprint density at radius 2 is 0.700 bits per heavy atom. The molecule has 0 bridgehead atoms. The molecule has 1 fully saturated rings. The molecule has 2 aliphatic rings. The molecule has 1 aromatic carbocycles. The van der Waals surface area contributed by atoms with Crippen LogP contribution < -0.4 is 15.8 Å². The lowest BCUT2D eigenvalue weighted by Crippen LogP contribution is -2.48. The third-order valence-electron chi connectivity index (χ3n) is 17.4. The van der Waals surface area contributed by atoms with Gasteiger partial charge in [-0.3, -0.25) is 29.0 Å². The monoisotopic (exact) mass is 1720 g/mol. The summed E-state index contributed by atoms with van der Waals surface area (Å²) >= 11 is 0. The van der Waals surface area contributed by atoms with Crippen molar-refractivity contribution in [3.05, 3.63) is 53.4 Å². The summed E-state index contributed by atoms with van der Waals surface area (Å²) in [6, 6.07) is 8.70. The zero-order valence-electron chi connectivity index (χ0n) is 71.7. The number of fused-ring (bicyclic) bond motifs is 1. The molecule has 4 amide bonds. The highest BCUT2D eigenvalue weighted by molar-refractivity contribution is 6.13. The number of ether oxygens (including phenoxy) is 25. The maximum atomic E-state index is 12.9. The summed E-state index contributed by atoms with van der Waals surface area (Å²) in [5.41, 5.74) is 10.0. The second-order valence-electron chi connectivity index (χ2n) is 27.2. The van der Waals surface area contributed by atoms with Gasteiger partial charge in [-0.2, -0.15) is 0 Å². The van der Waals surface area contributed by atoms with Gasteiger partial charge in [0.2, 0.25) is 11.8 Å².